The van der Waals surface area contributed by atoms with E-state index in [1.807, 2.05) is 0 Å². The predicted octanol–water partition coefficient (Wildman–Crippen LogP) is 3.03. The summed E-state index contributed by atoms with van der Waals surface area (Å²) in [6.45, 7) is 1.79. The fraction of sp³-hybridized carbons (Fsp3) is 0.429. The molecule has 1 atom stereocenters. The van der Waals surface area contributed by atoms with Gasteiger partial charge >= 0.3 is 6.18 Å². The molecule has 3 N–H and O–H groups in total. The van der Waals surface area contributed by atoms with Gasteiger partial charge in [0.1, 0.15) is 0 Å². The van der Waals surface area contributed by atoms with Gasteiger partial charge in [-0.25, -0.2) is 0 Å². The quantitative estimate of drug-likeness (QED) is 0.877. The topological polar surface area (TPSA) is 78.9 Å². The lowest BCUT2D eigenvalue weighted by Crippen LogP contribution is -2.18. The van der Waals surface area contributed by atoms with Gasteiger partial charge in [-0.3, -0.25) is 4.79 Å². The molecule has 0 aliphatic rings. The third kappa shape index (κ3) is 5.44. The van der Waals surface area contributed by atoms with Crippen molar-refractivity contribution in [2.75, 3.05) is 5.32 Å². The van der Waals surface area contributed by atoms with Crippen LogP contribution < -0.4 is 11.1 Å². The molecule has 1 unspecified atom stereocenters. The minimum atomic E-state index is -4.64. The molecule has 1 aromatic rings. The largest absolute Gasteiger partial charge is 0.418 e. The summed E-state index contributed by atoms with van der Waals surface area (Å²) >= 11 is 0. The van der Waals surface area contributed by atoms with Crippen molar-refractivity contribution in [1.29, 1.82) is 5.26 Å². The van der Waals surface area contributed by atoms with E-state index in [9.17, 15) is 18.0 Å². The van der Waals surface area contributed by atoms with E-state index in [0.717, 1.165) is 12.1 Å². The molecular formula is C14H16F3N3O. The molecule has 0 radical (unpaired) electrons. The highest BCUT2D eigenvalue weighted by Crippen LogP contribution is 2.35. The van der Waals surface area contributed by atoms with Crippen molar-refractivity contribution in [3.8, 4) is 6.07 Å². The number of hydrogen-bond acceptors (Lipinski definition) is 3. The number of nitrogens with two attached hydrogens (primary N) is 1. The Morgan fingerprint density at radius 3 is 2.67 bits per heavy atom. The zero-order valence-electron chi connectivity index (χ0n) is 11.5. The lowest BCUT2D eigenvalue weighted by Gasteiger charge is -2.14. The summed E-state index contributed by atoms with van der Waals surface area (Å²) < 4.78 is 38.7. The SMILES string of the molecule is CC(N)CCCC(=O)Nc1ccc(C#N)cc1C(F)(F)F. The second kappa shape index (κ2) is 7.09. The van der Waals surface area contributed by atoms with Crippen LogP contribution in [0.2, 0.25) is 0 Å². The van der Waals surface area contributed by atoms with Crippen LogP contribution >= 0.6 is 0 Å². The van der Waals surface area contributed by atoms with Gasteiger partial charge in [0.2, 0.25) is 5.91 Å². The molecule has 0 aliphatic carbocycles. The lowest BCUT2D eigenvalue weighted by atomic mass is 10.1. The van der Waals surface area contributed by atoms with E-state index in [1.54, 1.807) is 13.0 Å². The third-order valence-electron chi connectivity index (χ3n) is 2.79. The first-order valence-corrected chi connectivity index (χ1v) is 6.41. The molecule has 0 bridgehead atoms. The second-order valence-electron chi connectivity index (χ2n) is 4.79. The van der Waals surface area contributed by atoms with Crippen LogP contribution in [0.3, 0.4) is 0 Å². The standard InChI is InChI=1S/C14H16F3N3O/c1-9(19)3-2-4-13(21)20-12-6-5-10(8-18)7-11(12)14(15,16)17/h5-7,9H,2-4,19H2,1H3,(H,20,21). The first kappa shape index (κ1) is 17.0. The Bertz CT molecular complexity index is 547. The zero-order chi connectivity index (χ0) is 16.0. The Kier molecular flexibility index (Phi) is 5.73. The van der Waals surface area contributed by atoms with E-state index in [0.29, 0.717) is 12.8 Å². The molecule has 1 rings (SSSR count). The van der Waals surface area contributed by atoms with Crippen LogP contribution in [0, 0.1) is 11.3 Å². The normalized spacial score (nSPS) is 12.6. The van der Waals surface area contributed by atoms with Crippen molar-refractivity contribution in [2.45, 2.75) is 38.4 Å². The highest BCUT2D eigenvalue weighted by atomic mass is 19.4. The first-order chi connectivity index (χ1) is 9.74. The van der Waals surface area contributed by atoms with Gasteiger partial charge in [0.05, 0.1) is 22.9 Å². The van der Waals surface area contributed by atoms with Gasteiger partial charge < -0.3 is 11.1 Å². The maximum atomic E-state index is 12.9. The highest BCUT2D eigenvalue weighted by Gasteiger charge is 2.34. The minimum absolute atomic E-state index is 0.0570. The molecule has 114 valence electrons. The molecule has 0 saturated carbocycles. The van der Waals surface area contributed by atoms with Crippen molar-refractivity contribution in [1.82, 2.24) is 0 Å². The monoisotopic (exact) mass is 299 g/mol. The molecule has 1 amide bonds. The number of nitriles is 1. The van der Waals surface area contributed by atoms with Gasteiger partial charge in [0.25, 0.3) is 0 Å². The van der Waals surface area contributed by atoms with Gasteiger partial charge in [-0.1, -0.05) is 0 Å². The zero-order valence-corrected chi connectivity index (χ0v) is 11.5. The van der Waals surface area contributed by atoms with Crippen molar-refractivity contribution >= 4 is 11.6 Å². The van der Waals surface area contributed by atoms with Crippen molar-refractivity contribution < 1.29 is 18.0 Å². The summed E-state index contributed by atoms with van der Waals surface area (Å²) in [5.41, 5.74) is 4.05. The van der Waals surface area contributed by atoms with Gasteiger partial charge in [-0.05, 0) is 38.0 Å². The second-order valence-corrected chi connectivity index (χ2v) is 4.79. The minimum Gasteiger partial charge on any atom is -0.328 e. The Morgan fingerprint density at radius 2 is 2.14 bits per heavy atom. The number of halogens is 3. The smallest absolute Gasteiger partial charge is 0.328 e. The molecule has 0 fully saturated rings. The van der Waals surface area contributed by atoms with Crippen LogP contribution in [0.1, 0.15) is 37.3 Å². The van der Waals surface area contributed by atoms with Crippen LogP contribution in [0.25, 0.3) is 0 Å². The fourth-order valence-corrected chi connectivity index (χ4v) is 1.75. The average molecular weight is 299 g/mol. The number of amides is 1. The van der Waals surface area contributed by atoms with E-state index in [1.165, 1.54) is 6.07 Å². The summed E-state index contributed by atoms with van der Waals surface area (Å²) in [6, 6.07) is 4.62. The molecular weight excluding hydrogens is 283 g/mol. The van der Waals surface area contributed by atoms with Crippen molar-refractivity contribution in [3.05, 3.63) is 29.3 Å². The van der Waals surface area contributed by atoms with Crippen LogP contribution in [0.15, 0.2) is 18.2 Å². The molecule has 1 aromatic carbocycles. The van der Waals surface area contributed by atoms with Gasteiger partial charge in [0, 0.05) is 12.5 Å². The third-order valence-corrected chi connectivity index (χ3v) is 2.79. The van der Waals surface area contributed by atoms with E-state index in [4.69, 9.17) is 11.0 Å². The number of carbonyl (C=O) groups is 1. The number of anilines is 1. The van der Waals surface area contributed by atoms with E-state index in [2.05, 4.69) is 5.32 Å². The fourth-order valence-electron chi connectivity index (χ4n) is 1.75. The molecule has 21 heavy (non-hydrogen) atoms. The molecule has 0 aromatic heterocycles. The number of benzene rings is 1. The molecule has 7 heteroatoms. The number of carbonyl (C=O) groups excluding carboxylic acids is 1. The van der Waals surface area contributed by atoms with Gasteiger partial charge in [-0.15, -0.1) is 0 Å². The first-order valence-electron chi connectivity index (χ1n) is 6.41. The summed E-state index contributed by atoms with van der Waals surface area (Å²) in [5.74, 6) is -0.508. The van der Waals surface area contributed by atoms with E-state index in [-0.39, 0.29) is 23.7 Å². The Morgan fingerprint density at radius 1 is 1.48 bits per heavy atom. The van der Waals surface area contributed by atoms with Gasteiger partial charge in [-0.2, -0.15) is 18.4 Å². The van der Waals surface area contributed by atoms with E-state index < -0.39 is 17.6 Å². The molecule has 0 spiro atoms. The average Bonchev–Trinajstić information content (AvgIpc) is 2.37. The number of alkyl halides is 3. The number of nitrogens with one attached hydrogen (secondary N) is 1. The Hall–Kier alpha value is -2.07. The summed E-state index contributed by atoms with van der Waals surface area (Å²) in [5, 5.41) is 10.9. The van der Waals surface area contributed by atoms with Crippen molar-refractivity contribution in [3.63, 3.8) is 0 Å². The molecule has 4 nitrogen and oxygen atoms in total. The Balaban J connectivity index is 2.83. The number of hydrogen-bond donors (Lipinski definition) is 2. The predicted molar refractivity (Wildman–Crippen MR) is 72.3 cm³/mol. The van der Waals surface area contributed by atoms with Crippen LogP contribution in [-0.2, 0) is 11.0 Å². The number of nitrogens with zero attached hydrogens (tertiary/aromatic N) is 1. The molecule has 0 aliphatic heterocycles. The molecule has 0 heterocycles. The molecule has 0 saturated heterocycles. The van der Waals surface area contributed by atoms with Crippen LogP contribution in [0.4, 0.5) is 18.9 Å². The highest BCUT2D eigenvalue weighted by molar-refractivity contribution is 5.91. The summed E-state index contributed by atoms with van der Waals surface area (Å²) in [6.07, 6.45) is -3.42. The summed E-state index contributed by atoms with van der Waals surface area (Å²) in [7, 11) is 0. The van der Waals surface area contributed by atoms with Crippen LogP contribution in [-0.4, -0.2) is 11.9 Å². The summed E-state index contributed by atoms with van der Waals surface area (Å²) in [4.78, 5) is 11.6. The van der Waals surface area contributed by atoms with Crippen LogP contribution in [0.5, 0.6) is 0 Å². The maximum Gasteiger partial charge on any atom is 0.418 e. The van der Waals surface area contributed by atoms with Crippen molar-refractivity contribution in [2.24, 2.45) is 5.73 Å². The van der Waals surface area contributed by atoms with Gasteiger partial charge in [0.15, 0.2) is 0 Å². The Labute approximate surface area is 120 Å². The number of rotatable bonds is 5. The lowest BCUT2D eigenvalue weighted by molar-refractivity contribution is -0.137. The van der Waals surface area contributed by atoms with E-state index >= 15 is 0 Å². The maximum absolute atomic E-state index is 12.9.